The minimum Gasteiger partial charge on any atom is -0.342 e. The summed E-state index contributed by atoms with van der Waals surface area (Å²) in [7, 11) is 0. The van der Waals surface area contributed by atoms with E-state index in [1.54, 1.807) is 0 Å². The molecule has 2 amide bonds. The lowest BCUT2D eigenvalue weighted by Crippen LogP contribution is -2.51. The molecule has 1 spiro atoms. The molecule has 4 heteroatoms. The van der Waals surface area contributed by atoms with E-state index in [2.05, 4.69) is 4.90 Å². The third-order valence-corrected chi connectivity index (χ3v) is 7.40. The van der Waals surface area contributed by atoms with Crippen LogP contribution in [0.5, 0.6) is 0 Å². The highest BCUT2D eigenvalue weighted by Gasteiger charge is 2.50. The molecule has 0 aromatic rings. The minimum atomic E-state index is -0.249. The van der Waals surface area contributed by atoms with Crippen molar-refractivity contribution < 1.29 is 9.59 Å². The molecule has 0 bridgehead atoms. The molecular formula is C21H34N2O2. The zero-order chi connectivity index (χ0) is 17.3. The molecule has 2 heterocycles. The minimum absolute atomic E-state index is 0.243. The fourth-order valence-electron chi connectivity index (χ4n) is 5.88. The van der Waals surface area contributed by atoms with E-state index in [0.717, 1.165) is 51.7 Å². The number of rotatable bonds is 3. The van der Waals surface area contributed by atoms with Crippen molar-refractivity contribution in [3.63, 3.8) is 0 Å². The summed E-state index contributed by atoms with van der Waals surface area (Å²) in [5.74, 6) is 1.66. The highest BCUT2D eigenvalue weighted by atomic mass is 16.2. The summed E-state index contributed by atoms with van der Waals surface area (Å²) < 4.78 is 0. The fourth-order valence-corrected chi connectivity index (χ4v) is 5.88. The van der Waals surface area contributed by atoms with Gasteiger partial charge >= 0.3 is 0 Å². The molecule has 2 saturated carbocycles. The molecule has 0 aromatic carbocycles. The number of piperidine rings is 1. The summed E-state index contributed by atoms with van der Waals surface area (Å²) >= 11 is 0. The van der Waals surface area contributed by atoms with E-state index in [0.29, 0.717) is 24.3 Å². The summed E-state index contributed by atoms with van der Waals surface area (Å²) in [4.78, 5) is 30.3. The molecule has 0 N–H and O–H groups in total. The van der Waals surface area contributed by atoms with E-state index < -0.39 is 0 Å². The topological polar surface area (TPSA) is 40.6 Å². The quantitative estimate of drug-likeness (QED) is 0.783. The van der Waals surface area contributed by atoms with Crippen LogP contribution in [0.15, 0.2) is 0 Å². The van der Waals surface area contributed by atoms with Crippen LogP contribution >= 0.6 is 0 Å². The zero-order valence-electron chi connectivity index (χ0n) is 15.7. The highest BCUT2D eigenvalue weighted by molar-refractivity contribution is 5.86. The summed E-state index contributed by atoms with van der Waals surface area (Å²) in [6.07, 6.45) is 14.1. The molecule has 4 rings (SSSR count). The molecule has 0 radical (unpaired) electrons. The van der Waals surface area contributed by atoms with Crippen molar-refractivity contribution in [1.29, 1.82) is 0 Å². The van der Waals surface area contributed by atoms with Crippen molar-refractivity contribution >= 4 is 11.8 Å². The first kappa shape index (κ1) is 17.4. The van der Waals surface area contributed by atoms with Crippen molar-refractivity contribution in [3.05, 3.63) is 0 Å². The molecule has 2 aliphatic carbocycles. The first-order valence-corrected chi connectivity index (χ1v) is 10.8. The molecule has 0 aromatic heterocycles. The Morgan fingerprint density at radius 3 is 2.40 bits per heavy atom. The Labute approximate surface area is 152 Å². The van der Waals surface area contributed by atoms with E-state index in [9.17, 15) is 9.59 Å². The number of carbonyl (C=O) groups excluding carboxylic acids is 2. The van der Waals surface area contributed by atoms with Crippen molar-refractivity contribution in [1.82, 2.24) is 9.80 Å². The van der Waals surface area contributed by atoms with Crippen LogP contribution in [0.3, 0.4) is 0 Å². The third-order valence-electron chi connectivity index (χ3n) is 7.40. The van der Waals surface area contributed by atoms with Gasteiger partial charge in [0.1, 0.15) is 0 Å². The van der Waals surface area contributed by atoms with Crippen molar-refractivity contribution in [3.8, 4) is 0 Å². The normalized spacial score (nSPS) is 32.1. The van der Waals surface area contributed by atoms with Gasteiger partial charge in [0.25, 0.3) is 0 Å². The van der Waals surface area contributed by atoms with Crippen molar-refractivity contribution in [2.24, 2.45) is 17.3 Å². The van der Waals surface area contributed by atoms with Gasteiger partial charge in [0, 0.05) is 32.1 Å². The van der Waals surface area contributed by atoms with Gasteiger partial charge in [-0.15, -0.1) is 0 Å². The van der Waals surface area contributed by atoms with Gasteiger partial charge < -0.3 is 9.80 Å². The maximum absolute atomic E-state index is 13.3. The lowest BCUT2D eigenvalue weighted by molar-refractivity contribution is -0.147. The van der Waals surface area contributed by atoms with Gasteiger partial charge in [-0.05, 0) is 50.9 Å². The first-order chi connectivity index (χ1) is 12.2. The van der Waals surface area contributed by atoms with Gasteiger partial charge in [-0.25, -0.2) is 0 Å². The number of carbonyl (C=O) groups is 2. The van der Waals surface area contributed by atoms with Gasteiger partial charge in [-0.3, -0.25) is 9.59 Å². The highest BCUT2D eigenvalue weighted by Crippen LogP contribution is 2.42. The molecule has 2 saturated heterocycles. The zero-order valence-corrected chi connectivity index (χ0v) is 15.7. The van der Waals surface area contributed by atoms with Gasteiger partial charge in [-0.2, -0.15) is 0 Å². The summed E-state index contributed by atoms with van der Waals surface area (Å²) in [5.41, 5.74) is -0.249. The van der Waals surface area contributed by atoms with Crippen LogP contribution in [0.25, 0.3) is 0 Å². The van der Waals surface area contributed by atoms with Gasteiger partial charge in [0.2, 0.25) is 11.8 Å². The molecule has 140 valence electrons. The van der Waals surface area contributed by atoms with Crippen LogP contribution in [-0.2, 0) is 9.59 Å². The summed E-state index contributed by atoms with van der Waals surface area (Å²) in [6, 6.07) is 0. The summed E-state index contributed by atoms with van der Waals surface area (Å²) in [5, 5.41) is 0. The van der Waals surface area contributed by atoms with Gasteiger partial charge in [-0.1, -0.05) is 32.1 Å². The van der Waals surface area contributed by atoms with Crippen molar-refractivity contribution in [2.75, 3.05) is 26.2 Å². The SMILES string of the molecule is O=C(C1CCCC1)N1CCC2(CCCN(CC3CCCCC3)C2=O)C1. The number of hydrogen-bond acceptors (Lipinski definition) is 2. The fraction of sp³-hybridized carbons (Fsp3) is 0.905. The lowest BCUT2D eigenvalue weighted by atomic mass is 9.77. The Kier molecular flexibility index (Phi) is 5.06. The predicted octanol–water partition coefficient (Wildman–Crippen LogP) is 3.60. The molecule has 25 heavy (non-hydrogen) atoms. The molecule has 2 aliphatic heterocycles. The smallest absolute Gasteiger partial charge is 0.230 e. The molecule has 4 aliphatic rings. The van der Waals surface area contributed by atoms with E-state index in [-0.39, 0.29) is 11.3 Å². The number of hydrogen-bond donors (Lipinski definition) is 0. The van der Waals surface area contributed by atoms with Crippen LogP contribution in [0.1, 0.15) is 77.0 Å². The molecule has 1 atom stereocenters. The second-order valence-corrected chi connectivity index (χ2v) is 9.13. The maximum Gasteiger partial charge on any atom is 0.230 e. The largest absolute Gasteiger partial charge is 0.342 e. The van der Waals surface area contributed by atoms with Crippen LogP contribution in [0.2, 0.25) is 0 Å². The van der Waals surface area contributed by atoms with Crippen LogP contribution in [-0.4, -0.2) is 47.8 Å². The number of amides is 2. The molecule has 4 fully saturated rings. The second-order valence-electron chi connectivity index (χ2n) is 9.13. The Morgan fingerprint density at radius 2 is 1.64 bits per heavy atom. The maximum atomic E-state index is 13.3. The Hall–Kier alpha value is -1.06. The Morgan fingerprint density at radius 1 is 0.920 bits per heavy atom. The molecular weight excluding hydrogens is 312 g/mol. The molecule has 1 unspecified atom stereocenters. The van der Waals surface area contributed by atoms with Gasteiger partial charge in [0.15, 0.2) is 0 Å². The summed E-state index contributed by atoms with van der Waals surface area (Å²) in [6.45, 7) is 3.41. The monoisotopic (exact) mass is 346 g/mol. The Balaban J connectivity index is 1.39. The Bertz CT molecular complexity index is 508. The van der Waals surface area contributed by atoms with Crippen LogP contribution in [0, 0.1) is 17.3 Å². The number of likely N-dealkylation sites (tertiary alicyclic amines) is 2. The average Bonchev–Trinajstić information content (AvgIpc) is 3.31. The van der Waals surface area contributed by atoms with E-state index in [4.69, 9.17) is 0 Å². The predicted molar refractivity (Wildman–Crippen MR) is 98.0 cm³/mol. The van der Waals surface area contributed by atoms with Crippen LogP contribution < -0.4 is 0 Å². The second kappa shape index (κ2) is 7.28. The first-order valence-electron chi connectivity index (χ1n) is 10.8. The number of nitrogens with zero attached hydrogens (tertiary/aromatic N) is 2. The lowest BCUT2D eigenvalue weighted by Gasteiger charge is -2.41. The van der Waals surface area contributed by atoms with E-state index >= 15 is 0 Å². The van der Waals surface area contributed by atoms with E-state index in [1.165, 1.54) is 44.9 Å². The standard InChI is InChI=1S/C21H34N2O2/c24-19(18-9-4-5-10-18)23-14-12-21(16-23)11-6-13-22(20(21)25)15-17-7-2-1-3-8-17/h17-18H,1-16H2. The third kappa shape index (κ3) is 3.46. The van der Waals surface area contributed by atoms with E-state index in [1.807, 2.05) is 4.90 Å². The van der Waals surface area contributed by atoms with Crippen molar-refractivity contribution in [2.45, 2.75) is 77.0 Å². The van der Waals surface area contributed by atoms with Gasteiger partial charge in [0.05, 0.1) is 5.41 Å². The van der Waals surface area contributed by atoms with Crippen LogP contribution in [0.4, 0.5) is 0 Å². The average molecular weight is 347 g/mol. The molecule has 4 nitrogen and oxygen atoms in total.